The standard InChI is InChI=1S/C16H31N3.HI/c1-12(2)6-5-7-14(4)18-16-17-10-15-9-8-13(3)11-19(15)16;/h12-15H,5-11H2,1-4H3,(H,17,18);1H. The van der Waals surface area contributed by atoms with Crippen molar-refractivity contribution in [2.45, 2.75) is 71.9 Å². The van der Waals surface area contributed by atoms with Crippen molar-refractivity contribution in [3.05, 3.63) is 0 Å². The lowest BCUT2D eigenvalue weighted by Gasteiger charge is -2.36. The molecule has 0 amide bonds. The Bertz CT molecular complexity index is 317. The van der Waals surface area contributed by atoms with E-state index in [4.69, 9.17) is 4.99 Å². The van der Waals surface area contributed by atoms with Gasteiger partial charge >= 0.3 is 0 Å². The fraction of sp³-hybridized carbons (Fsp3) is 0.938. The summed E-state index contributed by atoms with van der Waals surface area (Å²) in [6.45, 7) is 11.5. The van der Waals surface area contributed by atoms with Gasteiger partial charge < -0.3 is 10.2 Å². The highest BCUT2D eigenvalue weighted by Gasteiger charge is 2.32. The van der Waals surface area contributed by atoms with Gasteiger partial charge in [0.2, 0.25) is 0 Å². The van der Waals surface area contributed by atoms with E-state index in [1.54, 1.807) is 0 Å². The summed E-state index contributed by atoms with van der Waals surface area (Å²) in [5.41, 5.74) is 0. The first kappa shape index (κ1) is 18.1. The van der Waals surface area contributed by atoms with Gasteiger partial charge in [-0.1, -0.05) is 33.6 Å². The maximum absolute atomic E-state index is 4.73. The van der Waals surface area contributed by atoms with E-state index in [2.05, 4.69) is 37.9 Å². The first-order valence-corrected chi connectivity index (χ1v) is 8.14. The number of fused-ring (bicyclic) bond motifs is 1. The van der Waals surface area contributed by atoms with Crippen LogP contribution < -0.4 is 5.32 Å². The normalized spacial score (nSPS) is 26.9. The molecule has 0 aliphatic carbocycles. The fourth-order valence-corrected chi connectivity index (χ4v) is 3.19. The monoisotopic (exact) mass is 393 g/mol. The average molecular weight is 393 g/mol. The lowest BCUT2D eigenvalue weighted by atomic mass is 9.95. The van der Waals surface area contributed by atoms with Gasteiger partial charge in [-0.15, -0.1) is 24.0 Å². The van der Waals surface area contributed by atoms with Crippen molar-refractivity contribution < 1.29 is 0 Å². The second kappa shape index (κ2) is 8.44. The Balaban J connectivity index is 0.00000200. The molecule has 2 aliphatic rings. The van der Waals surface area contributed by atoms with E-state index in [0.29, 0.717) is 12.1 Å². The molecule has 20 heavy (non-hydrogen) atoms. The summed E-state index contributed by atoms with van der Waals surface area (Å²) >= 11 is 0. The Labute approximate surface area is 142 Å². The number of guanidine groups is 1. The molecule has 3 atom stereocenters. The topological polar surface area (TPSA) is 27.6 Å². The number of halogens is 1. The molecule has 3 unspecified atom stereocenters. The smallest absolute Gasteiger partial charge is 0.194 e. The third kappa shape index (κ3) is 5.08. The first-order chi connectivity index (χ1) is 9.06. The van der Waals surface area contributed by atoms with Gasteiger partial charge in [-0.05, 0) is 38.0 Å². The molecule has 1 N–H and O–H groups in total. The van der Waals surface area contributed by atoms with Gasteiger partial charge in [-0.3, -0.25) is 4.99 Å². The number of rotatable bonds is 5. The molecule has 2 aliphatic heterocycles. The van der Waals surface area contributed by atoms with Gasteiger partial charge in [-0.2, -0.15) is 0 Å². The Morgan fingerprint density at radius 1 is 1.25 bits per heavy atom. The molecule has 1 fully saturated rings. The van der Waals surface area contributed by atoms with Crippen LogP contribution in [0.2, 0.25) is 0 Å². The Hall–Kier alpha value is 0. The van der Waals surface area contributed by atoms with E-state index in [-0.39, 0.29) is 24.0 Å². The van der Waals surface area contributed by atoms with Crippen molar-refractivity contribution in [1.29, 1.82) is 0 Å². The van der Waals surface area contributed by atoms with Crippen LogP contribution in [0.5, 0.6) is 0 Å². The number of piperidine rings is 1. The van der Waals surface area contributed by atoms with Crippen molar-refractivity contribution >= 4 is 29.9 Å². The van der Waals surface area contributed by atoms with Crippen LogP contribution in [0.4, 0.5) is 0 Å². The number of hydrogen-bond acceptors (Lipinski definition) is 3. The second-order valence-corrected chi connectivity index (χ2v) is 7.02. The third-order valence-corrected chi connectivity index (χ3v) is 4.46. The molecule has 0 aromatic carbocycles. The van der Waals surface area contributed by atoms with Gasteiger partial charge in [0.25, 0.3) is 0 Å². The van der Waals surface area contributed by atoms with E-state index >= 15 is 0 Å². The second-order valence-electron chi connectivity index (χ2n) is 7.02. The minimum atomic E-state index is 0. The van der Waals surface area contributed by atoms with Crippen LogP contribution in [0.15, 0.2) is 4.99 Å². The van der Waals surface area contributed by atoms with Crippen LogP contribution in [0.25, 0.3) is 0 Å². The van der Waals surface area contributed by atoms with Gasteiger partial charge in [0.1, 0.15) is 0 Å². The molecule has 0 spiro atoms. The predicted octanol–water partition coefficient (Wildman–Crippen LogP) is 3.88. The van der Waals surface area contributed by atoms with Crippen LogP contribution in [0.1, 0.15) is 59.8 Å². The highest BCUT2D eigenvalue weighted by Crippen LogP contribution is 2.25. The molecule has 2 heterocycles. The zero-order chi connectivity index (χ0) is 13.8. The SMILES string of the molecule is CC(C)CCCC(C)NC1=NCC2CCC(C)CN12.I. The maximum atomic E-state index is 4.73. The maximum Gasteiger partial charge on any atom is 0.194 e. The summed E-state index contributed by atoms with van der Waals surface area (Å²) < 4.78 is 0. The highest BCUT2D eigenvalue weighted by molar-refractivity contribution is 14.0. The van der Waals surface area contributed by atoms with E-state index < -0.39 is 0 Å². The van der Waals surface area contributed by atoms with Crippen molar-refractivity contribution in [3.8, 4) is 0 Å². The summed E-state index contributed by atoms with van der Waals surface area (Å²) in [5, 5.41) is 3.65. The molecule has 0 radical (unpaired) electrons. The molecule has 1 saturated heterocycles. The van der Waals surface area contributed by atoms with Gasteiger partial charge in [0.15, 0.2) is 5.96 Å². The van der Waals surface area contributed by atoms with Crippen molar-refractivity contribution in [3.63, 3.8) is 0 Å². The molecular formula is C16H32IN3. The summed E-state index contributed by atoms with van der Waals surface area (Å²) in [4.78, 5) is 7.25. The van der Waals surface area contributed by atoms with E-state index in [0.717, 1.165) is 18.4 Å². The van der Waals surface area contributed by atoms with Crippen molar-refractivity contribution in [2.24, 2.45) is 16.8 Å². The summed E-state index contributed by atoms with van der Waals surface area (Å²) in [6.07, 6.45) is 6.59. The first-order valence-electron chi connectivity index (χ1n) is 8.14. The zero-order valence-corrected chi connectivity index (χ0v) is 15.9. The number of nitrogens with zero attached hydrogens (tertiary/aromatic N) is 2. The molecule has 0 saturated carbocycles. The van der Waals surface area contributed by atoms with Crippen LogP contribution in [0.3, 0.4) is 0 Å². The predicted molar refractivity (Wildman–Crippen MR) is 97.9 cm³/mol. The fourth-order valence-electron chi connectivity index (χ4n) is 3.19. The zero-order valence-electron chi connectivity index (χ0n) is 13.6. The molecule has 3 nitrogen and oxygen atoms in total. The molecule has 0 aromatic rings. The van der Waals surface area contributed by atoms with Gasteiger partial charge in [0, 0.05) is 12.6 Å². The van der Waals surface area contributed by atoms with Crippen LogP contribution in [-0.4, -0.2) is 36.0 Å². The minimum absolute atomic E-state index is 0. The quantitative estimate of drug-likeness (QED) is 0.718. The molecule has 4 heteroatoms. The molecular weight excluding hydrogens is 361 g/mol. The largest absolute Gasteiger partial charge is 0.354 e. The lowest BCUT2D eigenvalue weighted by Crippen LogP contribution is -2.50. The van der Waals surface area contributed by atoms with E-state index in [9.17, 15) is 0 Å². The van der Waals surface area contributed by atoms with Gasteiger partial charge in [-0.25, -0.2) is 0 Å². The van der Waals surface area contributed by atoms with Crippen molar-refractivity contribution in [2.75, 3.05) is 13.1 Å². The summed E-state index contributed by atoms with van der Waals surface area (Å²) in [6, 6.07) is 1.23. The number of hydrogen-bond donors (Lipinski definition) is 1. The lowest BCUT2D eigenvalue weighted by molar-refractivity contribution is 0.209. The van der Waals surface area contributed by atoms with E-state index in [1.165, 1.54) is 44.6 Å². The van der Waals surface area contributed by atoms with Gasteiger partial charge in [0.05, 0.1) is 12.6 Å². The van der Waals surface area contributed by atoms with E-state index in [1.807, 2.05) is 0 Å². The number of nitrogens with one attached hydrogen (secondary N) is 1. The van der Waals surface area contributed by atoms with Crippen LogP contribution in [-0.2, 0) is 0 Å². The average Bonchev–Trinajstić information content (AvgIpc) is 2.71. The number of aliphatic imine (C=N–C) groups is 1. The minimum Gasteiger partial charge on any atom is -0.354 e. The Kier molecular flexibility index (Phi) is 7.62. The van der Waals surface area contributed by atoms with Crippen molar-refractivity contribution in [1.82, 2.24) is 10.2 Å². The third-order valence-electron chi connectivity index (χ3n) is 4.46. The Morgan fingerprint density at radius 3 is 2.70 bits per heavy atom. The van der Waals surface area contributed by atoms with Crippen LogP contribution >= 0.6 is 24.0 Å². The summed E-state index contributed by atoms with van der Waals surface area (Å²) in [5.74, 6) is 2.81. The summed E-state index contributed by atoms with van der Waals surface area (Å²) in [7, 11) is 0. The molecule has 118 valence electrons. The molecule has 2 rings (SSSR count). The van der Waals surface area contributed by atoms with Crippen LogP contribution in [0, 0.1) is 11.8 Å². The highest BCUT2D eigenvalue weighted by atomic mass is 127. The molecule has 0 aromatic heterocycles. The molecule has 0 bridgehead atoms. The Morgan fingerprint density at radius 2 is 2.00 bits per heavy atom.